The number of anilines is 1. The lowest BCUT2D eigenvalue weighted by Gasteiger charge is -2.27. The number of carbonyl (C=O) groups excluding carboxylic acids is 1. The summed E-state index contributed by atoms with van der Waals surface area (Å²) in [5, 5.41) is 14.6. The number of carboxylic acids is 1. The van der Waals surface area contributed by atoms with Crippen molar-refractivity contribution in [2.45, 2.75) is 91.0 Å². The first-order valence-corrected chi connectivity index (χ1v) is 16.4. The number of amides is 1. The molecule has 236 valence electrons. The second-order valence-electron chi connectivity index (χ2n) is 12.4. The van der Waals surface area contributed by atoms with Crippen molar-refractivity contribution in [3.8, 4) is 0 Å². The van der Waals surface area contributed by atoms with Crippen molar-refractivity contribution in [1.82, 2.24) is 5.32 Å². The minimum atomic E-state index is -2.57. The number of fused-ring (bicyclic) bond motifs is 3. The summed E-state index contributed by atoms with van der Waals surface area (Å²) in [6, 6.07) is 15.7. The summed E-state index contributed by atoms with van der Waals surface area (Å²) in [6.45, 7) is 13.4. The molecule has 1 amide bonds. The van der Waals surface area contributed by atoms with Crippen molar-refractivity contribution in [2.24, 2.45) is 0 Å². The number of benzene rings is 3. The van der Waals surface area contributed by atoms with E-state index in [1.165, 1.54) is 16.7 Å². The summed E-state index contributed by atoms with van der Waals surface area (Å²) in [5.74, 6) is -0.291. The molecule has 0 radical (unpaired) electrons. The number of carbonyl (C=O) groups is 2. The second kappa shape index (κ2) is 14.4. The number of unbranched alkanes of at least 4 members (excludes halogenated alkanes) is 1. The van der Waals surface area contributed by atoms with Gasteiger partial charge in [0.05, 0.1) is 12.1 Å². The van der Waals surface area contributed by atoms with Crippen LogP contribution >= 0.6 is 0 Å². The Morgan fingerprint density at radius 1 is 0.864 bits per heavy atom. The second-order valence-corrected chi connectivity index (χ2v) is 13.2. The van der Waals surface area contributed by atoms with Crippen LogP contribution in [0.15, 0.2) is 59.0 Å². The van der Waals surface area contributed by atoms with Crippen molar-refractivity contribution < 1.29 is 27.9 Å². The number of furan rings is 1. The number of aliphatic carboxylic acids is 1. The highest BCUT2D eigenvalue weighted by atomic mass is 32.2. The molecule has 0 spiro atoms. The molecule has 4 rings (SSSR count). The van der Waals surface area contributed by atoms with Gasteiger partial charge in [0.15, 0.2) is 0 Å². The molecule has 0 saturated carbocycles. The van der Waals surface area contributed by atoms with Crippen LogP contribution < -0.4 is 9.62 Å². The maximum absolute atomic E-state index is 13.1. The molecule has 2 unspecified atom stereocenters. The smallest absolute Gasteiger partial charge is 0.327 e. The van der Waals surface area contributed by atoms with Gasteiger partial charge >= 0.3 is 5.97 Å². The van der Waals surface area contributed by atoms with Gasteiger partial charge in [-0.15, -0.1) is 0 Å². The van der Waals surface area contributed by atoms with E-state index < -0.39 is 23.3 Å². The topological polar surface area (TPSA) is 120 Å². The fourth-order valence-electron chi connectivity index (χ4n) is 5.79. The van der Waals surface area contributed by atoms with E-state index in [0.29, 0.717) is 48.6 Å². The summed E-state index contributed by atoms with van der Waals surface area (Å²) < 4.78 is 29.5. The van der Waals surface area contributed by atoms with Gasteiger partial charge in [-0.1, -0.05) is 71.9 Å². The van der Waals surface area contributed by atoms with Crippen LogP contribution in [0, 0.1) is 0 Å². The first-order chi connectivity index (χ1) is 20.9. The molecule has 1 heterocycles. The van der Waals surface area contributed by atoms with Crippen LogP contribution in [0.25, 0.3) is 21.9 Å². The van der Waals surface area contributed by atoms with Crippen LogP contribution in [-0.4, -0.2) is 38.3 Å². The molecule has 3 N–H and O–H groups in total. The lowest BCUT2D eigenvalue weighted by molar-refractivity contribution is -0.138. The summed E-state index contributed by atoms with van der Waals surface area (Å²) in [7, 11) is 0. The Morgan fingerprint density at radius 3 is 2.09 bits per heavy atom. The van der Waals surface area contributed by atoms with E-state index in [-0.39, 0.29) is 24.2 Å². The van der Waals surface area contributed by atoms with Crippen LogP contribution in [0.2, 0.25) is 0 Å². The molecule has 0 aliphatic carbocycles. The highest BCUT2D eigenvalue weighted by Crippen LogP contribution is 2.34. The number of nitrogens with zero attached hydrogens (tertiary/aromatic N) is 1. The summed E-state index contributed by atoms with van der Waals surface area (Å²) in [5.41, 5.74) is 6.39. The molecule has 8 nitrogen and oxygen atoms in total. The van der Waals surface area contributed by atoms with Gasteiger partial charge in [0, 0.05) is 17.3 Å². The van der Waals surface area contributed by atoms with E-state index in [1.54, 1.807) is 18.2 Å². The Balaban J connectivity index is 1.41. The Hall–Kier alpha value is -3.69. The lowest BCUT2D eigenvalue weighted by Crippen LogP contribution is -2.42. The maximum Gasteiger partial charge on any atom is 0.327 e. The van der Waals surface area contributed by atoms with E-state index in [0.717, 1.165) is 20.6 Å². The number of para-hydroxylation sites is 1. The Kier molecular flexibility index (Phi) is 10.9. The molecule has 0 aliphatic rings. The standard InChI is InChI=1S/C35H44N2O6S/c1-21(2)24-17-27(22(3)4)29(28(18-24)23(5)6)20-34(38)36-16-10-9-12-31(35(39)40)37(44(41)42)25-14-15-33-30(19-25)26-11-7-8-13-32(26)43-33/h7-8,11,13-15,17-19,21-23,31H,9-10,12,16,20H2,1-6H3,(H,36,38)(H,39,40)(H,41,42). The summed E-state index contributed by atoms with van der Waals surface area (Å²) in [6.07, 6.45) is 1.40. The number of nitrogens with one attached hydrogen (secondary N) is 1. The van der Waals surface area contributed by atoms with Gasteiger partial charge in [-0.2, -0.15) is 0 Å². The van der Waals surface area contributed by atoms with Crippen LogP contribution in [0.3, 0.4) is 0 Å². The van der Waals surface area contributed by atoms with E-state index >= 15 is 0 Å². The average molecular weight is 621 g/mol. The van der Waals surface area contributed by atoms with Gasteiger partial charge in [0.2, 0.25) is 5.91 Å². The highest BCUT2D eigenvalue weighted by molar-refractivity contribution is 7.80. The van der Waals surface area contributed by atoms with Crippen molar-refractivity contribution in [3.05, 3.63) is 76.9 Å². The molecule has 2 atom stereocenters. The van der Waals surface area contributed by atoms with E-state index in [9.17, 15) is 23.5 Å². The van der Waals surface area contributed by atoms with Crippen molar-refractivity contribution in [1.29, 1.82) is 0 Å². The molecule has 0 saturated heterocycles. The predicted octanol–water partition coefficient (Wildman–Crippen LogP) is 7.88. The monoisotopic (exact) mass is 620 g/mol. The third-order valence-corrected chi connectivity index (χ3v) is 8.97. The molecule has 3 aromatic carbocycles. The van der Waals surface area contributed by atoms with Crippen molar-refractivity contribution >= 4 is 50.8 Å². The molecular weight excluding hydrogens is 576 g/mol. The molecule has 1 aromatic heterocycles. The fraction of sp³-hybridized carbons (Fsp3) is 0.429. The zero-order valence-electron chi connectivity index (χ0n) is 26.4. The Morgan fingerprint density at radius 2 is 1.50 bits per heavy atom. The predicted molar refractivity (Wildman–Crippen MR) is 178 cm³/mol. The number of hydrogen-bond acceptors (Lipinski definition) is 4. The highest BCUT2D eigenvalue weighted by Gasteiger charge is 2.30. The Labute approximate surface area is 262 Å². The molecular formula is C35H44N2O6S. The SMILES string of the molecule is CC(C)c1cc(C(C)C)c(CC(=O)NCCCCC(C(=O)O)N(c2ccc3oc4ccccc4c3c2)S(=O)O)c(C(C)C)c1. The third-order valence-electron chi connectivity index (χ3n) is 8.17. The van der Waals surface area contributed by atoms with Crippen molar-refractivity contribution in [3.63, 3.8) is 0 Å². The van der Waals surface area contributed by atoms with Crippen molar-refractivity contribution in [2.75, 3.05) is 10.8 Å². The first-order valence-electron chi connectivity index (χ1n) is 15.4. The molecule has 0 bridgehead atoms. The van der Waals surface area contributed by atoms with Gasteiger partial charge in [-0.25, -0.2) is 9.00 Å². The van der Waals surface area contributed by atoms with E-state index in [2.05, 4.69) is 59.0 Å². The minimum absolute atomic E-state index is 0.0698. The third kappa shape index (κ3) is 7.50. The number of carboxylic acid groups (broad SMARTS) is 1. The Bertz CT molecular complexity index is 1630. The quantitative estimate of drug-likeness (QED) is 0.0974. The van der Waals surface area contributed by atoms with Crippen LogP contribution in [-0.2, 0) is 27.3 Å². The zero-order chi connectivity index (χ0) is 32.1. The van der Waals surface area contributed by atoms with Crippen LogP contribution in [0.4, 0.5) is 5.69 Å². The van der Waals surface area contributed by atoms with E-state index in [1.807, 2.05) is 24.3 Å². The largest absolute Gasteiger partial charge is 0.480 e. The molecule has 44 heavy (non-hydrogen) atoms. The lowest BCUT2D eigenvalue weighted by atomic mass is 9.83. The number of rotatable bonds is 14. The molecule has 0 aliphatic heterocycles. The van der Waals surface area contributed by atoms with Gasteiger partial charge in [0.1, 0.15) is 17.2 Å². The van der Waals surface area contributed by atoms with E-state index in [4.69, 9.17) is 4.42 Å². The van der Waals surface area contributed by atoms with Crippen LogP contribution in [0.5, 0.6) is 0 Å². The summed E-state index contributed by atoms with van der Waals surface area (Å²) >= 11 is -2.57. The van der Waals surface area contributed by atoms with Gasteiger partial charge in [0.25, 0.3) is 11.3 Å². The van der Waals surface area contributed by atoms with Gasteiger partial charge in [-0.05, 0) is 83.5 Å². The van der Waals surface area contributed by atoms with Gasteiger partial charge < -0.3 is 14.8 Å². The molecule has 9 heteroatoms. The normalized spacial score (nSPS) is 13.2. The first kappa shape index (κ1) is 33.2. The minimum Gasteiger partial charge on any atom is -0.480 e. The fourth-order valence-corrected chi connectivity index (χ4v) is 6.50. The van der Waals surface area contributed by atoms with Gasteiger partial charge in [-0.3, -0.25) is 13.7 Å². The van der Waals surface area contributed by atoms with Crippen LogP contribution in [0.1, 0.15) is 101 Å². The summed E-state index contributed by atoms with van der Waals surface area (Å²) in [4.78, 5) is 25.3. The molecule has 0 fully saturated rings. The average Bonchev–Trinajstić information content (AvgIpc) is 3.33. The zero-order valence-corrected chi connectivity index (χ0v) is 27.2. The maximum atomic E-state index is 13.1. The number of hydrogen-bond donors (Lipinski definition) is 3. The molecule has 4 aromatic rings.